The summed E-state index contributed by atoms with van der Waals surface area (Å²) in [5, 5.41) is 13.4. The molecule has 1 aliphatic heterocycles. The maximum atomic E-state index is 12.2. The molecule has 1 aliphatic rings. The van der Waals surface area contributed by atoms with Crippen molar-refractivity contribution in [1.82, 2.24) is 5.32 Å². The lowest BCUT2D eigenvalue weighted by molar-refractivity contribution is -0.384. The molecule has 27 heavy (non-hydrogen) atoms. The molecule has 3 rings (SSSR count). The number of nitrogens with one attached hydrogen (secondary N) is 1. The number of hydrogen-bond acceptors (Lipinski definition) is 5. The summed E-state index contributed by atoms with van der Waals surface area (Å²) in [5.41, 5.74) is 0.843. The van der Waals surface area contributed by atoms with Crippen LogP contribution in [0.1, 0.15) is 29.8 Å². The molecule has 2 aromatic carbocycles. The Morgan fingerprint density at radius 3 is 2.85 bits per heavy atom. The lowest BCUT2D eigenvalue weighted by Crippen LogP contribution is -2.28. The van der Waals surface area contributed by atoms with Crippen molar-refractivity contribution in [3.63, 3.8) is 0 Å². The molecule has 8 heteroatoms. The van der Waals surface area contributed by atoms with E-state index < -0.39 is 10.8 Å². The van der Waals surface area contributed by atoms with Gasteiger partial charge in [0.05, 0.1) is 22.1 Å². The number of benzene rings is 2. The number of ether oxygens (including phenoxy) is 2. The Hall–Kier alpha value is -2.80. The van der Waals surface area contributed by atoms with Crippen LogP contribution in [0, 0.1) is 10.1 Å². The van der Waals surface area contributed by atoms with E-state index in [1.807, 2.05) is 32.0 Å². The molecule has 0 aliphatic carbocycles. The van der Waals surface area contributed by atoms with Gasteiger partial charge in [-0.2, -0.15) is 0 Å². The summed E-state index contributed by atoms with van der Waals surface area (Å²) in [6.07, 6.45) is 0.814. The molecule has 0 aromatic heterocycles. The Balaban J connectivity index is 1.55. The third kappa shape index (κ3) is 4.31. The number of rotatable bonds is 6. The predicted molar refractivity (Wildman–Crippen MR) is 101 cm³/mol. The summed E-state index contributed by atoms with van der Waals surface area (Å²) >= 11 is 5.95. The Bertz CT molecular complexity index is 898. The van der Waals surface area contributed by atoms with Gasteiger partial charge in [-0.25, -0.2) is 0 Å². The first kappa shape index (κ1) is 19.0. The molecule has 2 aromatic rings. The molecule has 1 N–H and O–H groups in total. The van der Waals surface area contributed by atoms with Gasteiger partial charge in [-0.1, -0.05) is 23.7 Å². The number of nitrogens with zero attached hydrogens (tertiary/aromatic N) is 1. The first-order valence-electron chi connectivity index (χ1n) is 8.43. The summed E-state index contributed by atoms with van der Waals surface area (Å²) in [7, 11) is 0. The highest BCUT2D eigenvalue weighted by Crippen LogP contribution is 2.41. The van der Waals surface area contributed by atoms with E-state index in [9.17, 15) is 14.9 Å². The number of para-hydroxylation sites is 1. The SMILES string of the molecule is CC1(C)Cc2cccc(OCCNC(=O)c3ccc([N+](=O)[O-])cc3Cl)c2O1. The van der Waals surface area contributed by atoms with Crippen LogP contribution < -0.4 is 14.8 Å². The van der Waals surface area contributed by atoms with Crippen molar-refractivity contribution in [1.29, 1.82) is 0 Å². The highest BCUT2D eigenvalue weighted by molar-refractivity contribution is 6.34. The maximum Gasteiger partial charge on any atom is 0.270 e. The normalized spacial score (nSPS) is 14.2. The number of nitro benzene ring substituents is 1. The third-order valence-electron chi connectivity index (χ3n) is 4.11. The van der Waals surface area contributed by atoms with Crippen LogP contribution in [0.25, 0.3) is 0 Å². The largest absolute Gasteiger partial charge is 0.488 e. The first-order valence-corrected chi connectivity index (χ1v) is 8.80. The van der Waals surface area contributed by atoms with Crippen LogP contribution in [0.5, 0.6) is 11.5 Å². The standard InChI is InChI=1S/C19H19ClN2O5/c1-19(2)11-12-4-3-5-16(17(12)27-19)26-9-8-21-18(23)14-7-6-13(22(24)25)10-15(14)20/h3-7,10H,8-9,11H2,1-2H3,(H,21,23). The van der Waals surface area contributed by atoms with E-state index >= 15 is 0 Å². The summed E-state index contributed by atoms with van der Waals surface area (Å²) < 4.78 is 11.7. The Kier molecular flexibility index (Phi) is 5.23. The number of carbonyl (C=O) groups is 1. The van der Waals surface area contributed by atoms with Crippen molar-refractivity contribution in [2.24, 2.45) is 0 Å². The topological polar surface area (TPSA) is 90.7 Å². The minimum atomic E-state index is -0.566. The third-order valence-corrected chi connectivity index (χ3v) is 4.42. The van der Waals surface area contributed by atoms with Crippen LogP contribution >= 0.6 is 11.6 Å². The van der Waals surface area contributed by atoms with Crippen molar-refractivity contribution in [3.8, 4) is 11.5 Å². The van der Waals surface area contributed by atoms with E-state index in [0.29, 0.717) is 5.75 Å². The van der Waals surface area contributed by atoms with E-state index in [4.69, 9.17) is 21.1 Å². The molecule has 0 radical (unpaired) electrons. The van der Waals surface area contributed by atoms with E-state index in [1.54, 1.807) is 0 Å². The number of non-ortho nitro benzene ring substituents is 1. The van der Waals surface area contributed by atoms with Crippen molar-refractivity contribution < 1.29 is 19.2 Å². The maximum absolute atomic E-state index is 12.2. The van der Waals surface area contributed by atoms with E-state index in [-0.39, 0.29) is 35.0 Å². The minimum absolute atomic E-state index is 0.0270. The molecular formula is C19H19ClN2O5. The van der Waals surface area contributed by atoms with Gasteiger partial charge in [0.1, 0.15) is 12.2 Å². The van der Waals surface area contributed by atoms with Crippen LogP contribution in [0.3, 0.4) is 0 Å². The molecule has 0 unspecified atom stereocenters. The summed E-state index contributed by atoms with van der Waals surface area (Å²) in [6, 6.07) is 9.47. The molecule has 1 heterocycles. The average Bonchev–Trinajstić information content (AvgIpc) is 2.92. The molecule has 0 spiro atoms. The van der Waals surface area contributed by atoms with Gasteiger partial charge in [0.2, 0.25) is 0 Å². The molecule has 0 atom stereocenters. The lowest BCUT2D eigenvalue weighted by Gasteiger charge is -2.18. The van der Waals surface area contributed by atoms with E-state index in [1.165, 1.54) is 12.1 Å². The van der Waals surface area contributed by atoms with Crippen LogP contribution in [-0.4, -0.2) is 29.6 Å². The molecule has 142 valence electrons. The van der Waals surface area contributed by atoms with Crippen molar-refractivity contribution >= 4 is 23.2 Å². The first-order chi connectivity index (χ1) is 12.8. The lowest BCUT2D eigenvalue weighted by atomic mass is 10.0. The smallest absolute Gasteiger partial charge is 0.270 e. The van der Waals surface area contributed by atoms with Crippen molar-refractivity contribution in [2.45, 2.75) is 25.9 Å². The number of carbonyl (C=O) groups excluding carboxylic acids is 1. The van der Waals surface area contributed by atoms with Gasteiger partial charge in [0.25, 0.3) is 11.6 Å². The van der Waals surface area contributed by atoms with Crippen molar-refractivity contribution in [3.05, 3.63) is 62.7 Å². The number of halogens is 1. The van der Waals surface area contributed by atoms with Crippen LogP contribution in [0.15, 0.2) is 36.4 Å². The monoisotopic (exact) mass is 390 g/mol. The number of nitro groups is 1. The number of fused-ring (bicyclic) bond motifs is 1. The van der Waals surface area contributed by atoms with E-state index in [0.717, 1.165) is 23.8 Å². The Morgan fingerprint density at radius 2 is 2.15 bits per heavy atom. The van der Waals surface area contributed by atoms with Crippen LogP contribution in [0.2, 0.25) is 5.02 Å². The molecular weight excluding hydrogens is 372 g/mol. The fourth-order valence-corrected chi connectivity index (χ4v) is 3.18. The molecule has 0 saturated carbocycles. The average molecular weight is 391 g/mol. The van der Waals surface area contributed by atoms with Gasteiger partial charge in [-0.15, -0.1) is 0 Å². The summed E-state index contributed by atoms with van der Waals surface area (Å²) in [4.78, 5) is 22.3. The zero-order chi connectivity index (χ0) is 19.6. The van der Waals surface area contributed by atoms with Gasteiger partial charge in [-0.05, 0) is 26.0 Å². The second kappa shape index (κ2) is 7.44. The summed E-state index contributed by atoms with van der Waals surface area (Å²) in [6.45, 7) is 4.53. The molecule has 1 amide bonds. The minimum Gasteiger partial charge on any atom is -0.488 e. The second-order valence-corrected chi connectivity index (χ2v) is 7.22. The molecule has 0 saturated heterocycles. The van der Waals surface area contributed by atoms with Crippen molar-refractivity contribution in [2.75, 3.05) is 13.2 Å². The molecule has 0 fully saturated rings. The molecule has 7 nitrogen and oxygen atoms in total. The number of hydrogen-bond donors (Lipinski definition) is 1. The zero-order valence-electron chi connectivity index (χ0n) is 15.0. The quantitative estimate of drug-likeness (QED) is 0.460. The van der Waals surface area contributed by atoms with Gasteiger partial charge in [-0.3, -0.25) is 14.9 Å². The highest BCUT2D eigenvalue weighted by Gasteiger charge is 2.32. The fourth-order valence-electron chi connectivity index (χ4n) is 2.92. The Labute approximate surface area is 161 Å². The van der Waals surface area contributed by atoms with Gasteiger partial charge < -0.3 is 14.8 Å². The molecule has 0 bridgehead atoms. The fraction of sp³-hybridized carbons (Fsp3) is 0.316. The van der Waals surface area contributed by atoms with Crippen LogP contribution in [-0.2, 0) is 6.42 Å². The summed E-state index contributed by atoms with van der Waals surface area (Å²) in [5.74, 6) is 0.960. The highest BCUT2D eigenvalue weighted by atomic mass is 35.5. The predicted octanol–water partition coefficient (Wildman–Crippen LogP) is 3.77. The van der Waals surface area contributed by atoms with Gasteiger partial charge in [0.15, 0.2) is 11.5 Å². The van der Waals surface area contributed by atoms with Gasteiger partial charge >= 0.3 is 0 Å². The van der Waals surface area contributed by atoms with E-state index in [2.05, 4.69) is 5.32 Å². The van der Waals surface area contributed by atoms with Crippen LogP contribution in [0.4, 0.5) is 5.69 Å². The Morgan fingerprint density at radius 1 is 1.37 bits per heavy atom. The second-order valence-electron chi connectivity index (χ2n) is 6.81. The zero-order valence-corrected chi connectivity index (χ0v) is 15.7. The number of amides is 1. The van der Waals surface area contributed by atoms with Gasteiger partial charge in [0, 0.05) is 24.1 Å².